The van der Waals surface area contributed by atoms with Crippen molar-refractivity contribution < 1.29 is 4.79 Å². The zero-order valence-electron chi connectivity index (χ0n) is 13.9. The number of aryl methyl sites for hydroxylation is 1. The van der Waals surface area contributed by atoms with E-state index in [2.05, 4.69) is 44.7 Å². The second kappa shape index (κ2) is 7.83. The minimum atomic E-state index is 0.0902. The molecule has 7 heteroatoms. The Morgan fingerprint density at radius 2 is 1.92 bits per heavy atom. The summed E-state index contributed by atoms with van der Waals surface area (Å²) in [6, 6.07) is 10.3. The molecule has 1 aromatic carbocycles. The van der Waals surface area contributed by atoms with Gasteiger partial charge in [-0.15, -0.1) is 5.10 Å². The molecule has 0 unspecified atom stereocenters. The first-order chi connectivity index (χ1) is 11.7. The van der Waals surface area contributed by atoms with Gasteiger partial charge in [-0.3, -0.25) is 9.69 Å². The Morgan fingerprint density at radius 3 is 2.58 bits per heavy atom. The summed E-state index contributed by atoms with van der Waals surface area (Å²) in [7, 11) is 1.75. The van der Waals surface area contributed by atoms with Crippen molar-refractivity contribution in [3.05, 3.63) is 47.8 Å². The second-order valence-corrected chi connectivity index (χ2v) is 5.89. The molecule has 1 amide bonds. The molecule has 2 heterocycles. The van der Waals surface area contributed by atoms with Gasteiger partial charge < -0.3 is 4.90 Å². The minimum absolute atomic E-state index is 0.0902. The van der Waals surface area contributed by atoms with Crippen LogP contribution in [0.25, 0.3) is 6.08 Å². The van der Waals surface area contributed by atoms with Crippen LogP contribution >= 0.6 is 0 Å². The van der Waals surface area contributed by atoms with Crippen molar-refractivity contribution in [3.63, 3.8) is 0 Å². The number of amides is 1. The van der Waals surface area contributed by atoms with Gasteiger partial charge in [0.2, 0.25) is 5.91 Å². The molecule has 1 aromatic heterocycles. The quantitative estimate of drug-likeness (QED) is 0.805. The third-order valence-corrected chi connectivity index (χ3v) is 4.22. The molecule has 24 heavy (non-hydrogen) atoms. The number of hydrogen-bond donors (Lipinski definition) is 0. The summed E-state index contributed by atoms with van der Waals surface area (Å²) in [5.41, 5.74) is 1.21. The summed E-state index contributed by atoms with van der Waals surface area (Å²) in [5, 5.41) is 11.2. The van der Waals surface area contributed by atoms with Crippen LogP contribution in [-0.4, -0.2) is 68.6 Å². The van der Waals surface area contributed by atoms with E-state index in [-0.39, 0.29) is 12.3 Å². The van der Waals surface area contributed by atoms with Crippen molar-refractivity contribution >= 4 is 12.0 Å². The van der Waals surface area contributed by atoms with Crippen molar-refractivity contribution in [2.45, 2.75) is 6.42 Å². The molecule has 0 radical (unpaired) electrons. The largest absolute Gasteiger partial charge is 0.340 e. The van der Waals surface area contributed by atoms with Crippen LogP contribution in [0.3, 0.4) is 0 Å². The van der Waals surface area contributed by atoms with Gasteiger partial charge in [-0.2, -0.15) is 0 Å². The molecule has 0 N–H and O–H groups in total. The number of piperazine rings is 1. The molecule has 2 aromatic rings. The normalized spacial score (nSPS) is 16.0. The van der Waals surface area contributed by atoms with E-state index in [0.717, 1.165) is 32.7 Å². The second-order valence-electron chi connectivity index (χ2n) is 5.89. The molecule has 0 atom stereocenters. The highest BCUT2D eigenvalue weighted by Gasteiger charge is 2.21. The maximum atomic E-state index is 12.3. The van der Waals surface area contributed by atoms with Gasteiger partial charge in [0.05, 0.1) is 6.42 Å². The van der Waals surface area contributed by atoms with Gasteiger partial charge in [0.1, 0.15) is 0 Å². The predicted molar refractivity (Wildman–Crippen MR) is 91.0 cm³/mol. The standard InChI is InChI=1S/C17H22N6O/c1-21-16(18-19-20-21)14-17(24)23-12-10-22(11-13-23)9-5-8-15-6-3-2-4-7-15/h2-8H,9-14H2,1H3/b8-5+. The van der Waals surface area contributed by atoms with Crippen molar-refractivity contribution in [1.82, 2.24) is 30.0 Å². The topological polar surface area (TPSA) is 67.2 Å². The lowest BCUT2D eigenvalue weighted by atomic mass is 10.2. The molecule has 1 fully saturated rings. The first-order valence-electron chi connectivity index (χ1n) is 8.15. The number of tetrazole rings is 1. The zero-order valence-corrected chi connectivity index (χ0v) is 13.9. The monoisotopic (exact) mass is 326 g/mol. The molecular weight excluding hydrogens is 304 g/mol. The molecule has 126 valence electrons. The van der Waals surface area contributed by atoms with Gasteiger partial charge in [-0.1, -0.05) is 42.5 Å². The van der Waals surface area contributed by atoms with Gasteiger partial charge in [0, 0.05) is 39.8 Å². The number of nitrogens with zero attached hydrogens (tertiary/aromatic N) is 6. The number of aromatic nitrogens is 4. The minimum Gasteiger partial charge on any atom is -0.340 e. The van der Waals surface area contributed by atoms with Crippen LogP contribution in [0.4, 0.5) is 0 Å². The maximum Gasteiger partial charge on any atom is 0.230 e. The highest BCUT2D eigenvalue weighted by Crippen LogP contribution is 2.06. The SMILES string of the molecule is Cn1nnnc1CC(=O)N1CCN(C/C=C/c2ccccc2)CC1. The van der Waals surface area contributed by atoms with Gasteiger partial charge in [0.25, 0.3) is 0 Å². The molecule has 0 saturated carbocycles. The van der Waals surface area contributed by atoms with Crippen LogP contribution in [0.2, 0.25) is 0 Å². The van der Waals surface area contributed by atoms with E-state index in [4.69, 9.17) is 0 Å². The predicted octanol–water partition coefficient (Wildman–Crippen LogP) is 0.610. The van der Waals surface area contributed by atoms with Crippen LogP contribution in [0.5, 0.6) is 0 Å². The fraction of sp³-hybridized carbons (Fsp3) is 0.412. The fourth-order valence-corrected chi connectivity index (χ4v) is 2.73. The first-order valence-corrected chi connectivity index (χ1v) is 8.15. The molecule has 1 aliphatic heterocycles. The third kappa shape index (κ3) is 4.26. The number of rotatable bonds is 5. The Labute approximate surface area is 141 Å². The number of carbonyl (C=O) groups is 1. The van der Waals surface area contributed by atoms with Gasteiger partial charge >= 0.3 is 0 Å². The Hall–Kier alpha value is -2.54. The van der Waals surface area contributed by atoms with Gasteiger partial charge in [-0.25, -0.2) is 4.68 Å². The molecule has 1 saturated heterocycles. The van der Waals surface area contributed by atoms with Crippen molar-refractivity contribution in [3.8, 4) is 0 Å². The smallest absolute Gasteiger partial charge is 0.230 e. The maximum absolute atomic E-state index is 12.3. The third-order valence-electron chi connectivity index (χ3n) is 4.22. The molecule has 0 bridgehead atoms. The van der Waals surface area contributed by atoms with E-state index in [1.54, 1.807) is 11.7 Å². The van der Waals surface area contributed by atoms with Gasteiger partial charge in [-0.05, 0) is 16.0 Å². The van der Waals surface area contributed by atoms with Crippen LogP contribution in [0.15, 0.2) is 36.4 Å². The Balaban J connectivity index is 1.43. The van der Waals surface area contributed by atoms with E-state index < -0.39 is 0 Å². The fourth-order valence-electron chi connectivity index (χ4n) is 2.73. The van der Waals surface area contributed by atoms with E-state index in [1.165, 1.54) is 5.56 Å². The van der Waals surface area contributed by atoms with Crippen LogP contribution in [0.1, 0.15) is 11.4 Å². The number of benzene rings is 1. The highest BCUT2D eigenvalue weighted by molar-refractivity contribution is 5.78. The Bertz CT molecular complexity index is 688. The summed E-state index contributed by atoms with van der Waals surface area (Å²) in [5.74, 6) is 0.695. The van der Waals surface area contributed by atoms with Crippen molar-refractivity contribution in [2.24, 2.45) is 7.05 Å². The van der Waals surface area contributed by atoms with Crippen LogP contribution < -0.4 is 0 Å². The summed E-state index contributed by atoms with van der Waals surface area (Å²) in [6.07, 6.45) is 4.58. The summed E-state index contributed by atoms with van der Waals surface area (Å²) in [4.78, 5) is 16.6. The number of carbonyl (C=O) groups excluding carboxylic acids is 1. The summed E-state index contributed by atoms with van der Waals surface area (Å²) < 4.78 is 1.54. The van der Waals surface area contributed by atoms with Gasteiger partial charge in [0.15, 0.2) is 5.82 Å². The first kappa shape index (κ1) is 16.3. The molecule has 0 spiro atoms. The number of hydrogen-bond acceptors (Lipinski definition) is 5. The zero-order chi connectivity index (χ0) is 16.8. The lowest BCUT2D eigenvalue weighted by molar-refractivity contribution is -0.132. The molecular formula is C17H22N6O. The van der Waals surface area contributed by atoms with E-state index in [1.807, 2.05) is 23.1 Å². The van der Waals surface area contributed by atoms with Crippen molar-refractivity contribution in [2.75, 3.05) is 32.7 Å². The molecule has 3 rings (SSSR count). The average Bonchev–Trinajstić information content (AvgIpc) is 3.01. The summed E-state index contributed by atoms with van der Waals surface area (Å²) in [6.45, 7) is 4.20. The average molecular weight is 326 g/mol. The molecule has 0 aliphatic carbocycles. The Kier molecular flexibility index (Phi) is 5.32. The summed E-state index contributed by atoms with van der Waals surface area (Å²) >= 11 is 0. The Morgan fingerprint density at radius 1 is 1.17 bits per heavy atom. The molecule has 7 nitrogen and oxygen atoms in total. The van der Waals surface area contributed by atoms with E-state index in [9.17, 15) is 4.79 Å². The lowest BCUT2D eigenvalue weighted by Gasteiger charge is -2.34. The van der Waals surface area contributed by atoms with E-state index >= 15 is 0 Å². The van der Waals surface area contributed by atoms with Crippen LogP contribution in [-0.2, 0) is 18.3 Å². The van der Waals surface area contributed by atoms with Crippen molar-refractivity contribution in [1.29, 1.82) is 0 Å². The highest BCUT2D eigenvalue weighted by atomic mass is 16.2. The lowest BCUT2D eigenvalue weighted by Crippen LogP contribution is -2.49. The van der Waals surface area contributed by atoms with Crippen LogP contribution in [0, 0.1) is 0 Å². The molecule has 1 aliphatic rings. The van der Waals surface area contributed by atoms with E-state index in [0.29, 0.717) is 5.82 Å².